The highest BCUT2D eigenvalue weighted by atomic mass is 16.3. The van der Waals surface area contributed by atoms with E-state index in [-0.39, 0.29) is 11.5 Å². The van der Waals surface area contributed by atoms with Gasteiger partial charge in [-0.15, -0.1) is 0 Å². The predicted octanol–water partition coefficient (Wildman–Crippen LogP) is 1.95. The van der Waals surface area contributed by atoms with Crippen molar-refractivity contribution >= 4 is 0 Å². The molecule has 0 radical (unpaired) electrons. The molecule has 3 atom stereocenters. The van der Waals surface area contributed by atoms with Crippen molar-refractivity contribution < 1.29 is 5.11 Å². The van der Waals surface area contributed by atoms with E-state index in [0.717, 1.165) is 26.1 Å². The first-order valence-corrected chi connectivity index (χ1v) is 7.58. The standard InChI is InChI=1S/C15H30N2O/c1-5-12-11-17(10-9-16(12)4)13-7-6-8-15(2,3)14(13)18/h12-14,18H,5-11H2,1-4H3. The van der Waals surface area contributed by atoms with Crippen molar-refractivity contribution in [2.75, 3.05) is 26.7 Å². The minimum atomic E-state index is -0.160. The molecule has 1 aliphatic heterocycles. The van der Waals surface area contributed by atoms with E-state index in [1.165, 1.54) is 19.3 Å². The molecular weight excluding hydrogens is 224 g/mol. The van der Waals surface area contributed by atoms with Gasteiger partial charge in [-0.25, -0.2) is 0 Å². The summed E-state index contributed by atoms with van der Waals surface area (Å²) in [6, 6.07) is 1.05. The molecule has 0 amide bonds. The van der Waals surface area contributed by atoms with Gasteiger partial charge in [-0.1, -0.05) is 27.2 Å². The maximum absolute atomic E-state index is 10.6. The summed E-state index contributed by atoms with van der Waals surface area (Å²) in [5.41, 5.74) is 0.0912. The van der Waals surface area contributed by atoms with Crippen molar-refractivity contribution in [1.82, 2.24) is 9.80 Å². The summed E-state index contributed by atoms with van der Waals surface area (Å²) in [6.45, 7) is 10.1. The molecule has 3 heteroatoms. The van der Waals surface area contributed by atoms with E-state index in [4.69, 9.17) is 0 Å². The summed E-state index contributed by atoms with van der Waals surface area (Å²) in [7, 11) is 2.23. The molecule has 1 saturated carbocycles. The molecule has 3 unspecified atom stereocenters. The molecule has 2 aliphatic rings. The minimum absolute atomic E-state index is 0.0912. The van der Waals surface area contributed by atoms with Crippen LogP contribution in [0.4, 0.5) is 0 Å². The topological polar surface area (TPSA) is 26.7 Å². The van der Waals surface area contributed by atoms with Gasteiger partial charge < -0.3 is 10.0 Å². The Labute approximate surface area is 112 Å². The minimum Gasteiger partial charge on any atom is -0.391 e. The van der Waals surface area contributed by atoms with Crippen molar-refractivity contribution in [3.63, 3.8) is 0 Å². The van der Waals surface area contributed by atoms with Gasteiger partial charge in [-0.3, -0.25) is 4.90 Å². The SMILES string of the molecule is CCC1CN(C2CCCC(C)(C)C2O)CCN1C. The van der Waals surface area contributed by atoms with Gasteiger partial charge in [0.25, 0.3) is 0 Å². The van der Waals surface area contributed by atoms with E-state index in [0.29, 0.717) is 12.1 Å². The summed E-state index contributed by atoms with van der Waals surface area (Å²) in [4.78, 5) is 5.02. The van der Waals surface area contributed by atoms with Gasteiger partial charge in [0.2, 0.25) is 0 Å². The number of aliphatic hydroxyl groups excluding tert-OH is 1. The largest absolute Gasteiger partial charge is 0.391 e. The van der Waals surface area contributed by atoms with Gasteiger partial charge in [0, 0.05) is 31.7 Å². The zero-order valence-corrected chi connectivity index (χ0v) is 12.5. The van der Waals surface area contributed by atoms with Crippen LogP contribution >= 0.6 is 0 Å². The van der Waals surface area contributed by atoms with Gasteiger partial charge in [0.15, 0.2) is 0 Å². The first-order valence-electron chi connectivity index (χ1n) is 7.58. The van der Waals surface area contributed by atoms with Crippen LogP contribution in [0.15, 0.2) is 0 Å². The highest BCUT2D eigenvalue weighted by Gasteiger charge is 2.41. The van der Waals surface area contributed by atoms with Gasteiger partial charge in [-0.05, 0) is 31.7 Å². The predicted molar refractivity (Wildman–Crippen MR) is 75.7 cm³/mol. The van der Waals surface area contributed by atoms with E-state index in [1.54, 1.807) is 0 Å². The van der Waals surface area contributed by atoms with Crippen LogP contribution in [0, 0.1) is 5.41 Å². The fourth-order valence-corrected chi connectivity index (χ4v) is 3.69. The fraction of sp³-hybridized carbons (Fsp3) is 1.00. The Kier molecular flexibility index (Phi) is 4.35. The molecule has 1 aliphatic carbocycles. The summed E-state index contributed by atoms with van der Waals surface area (Å²) >= 11 is 0. The molecule has 3 nitrogen and oxygen atoms in total. The van der Waals surface area contributed by atoms with Gasteiger partial charge in [-0.2, -0.15) is 0 Å². The van der Waals surface area contributed by atoms with Crippen LogP contribution in [0.3, 0.4) is 0 Å². The Morgan fingerprint density at radius 2 is 2.00 bits per heavy atom. The van der Waals surface area contributed by atoms with Crippen LogP contribution < -0.4 is 0 Å². The third kappa shape index (κ3) is 2.73. The lowest BCUT2D eigenvalue weighted by Gasteiger charge is -2.49. The zero-order chi connectivity index (χ0) is 13.3. The van der Waals surface area contributed by atoms with Gasteiger partial charge >= 0.3 is 0 Å². The van der Waals surface area contributed by atoms with Gasteiger partial charge in [0.05, 0.1) is 6.10 Å². The Balaban J connectivity index is 2.02. The Bertz CT molecular complexity index is 280. The molecule has 0 aromatic rings. The monoisotopic (exact) mass is 254 g/mol. The smallest absolute Gasteiger partial charge is 0.0746 e. The van der Waals surface area contributed by atoms with Crippen molar-refractivity contribution in [2.24, 2.45) is 5.41 Å². The third-order valence-corrected chi connectivity index (χ3v) is 5.23. The van der Waals surface area contributed by atoms with Crippen LogP contribution in [0.25, 0.3) is 0 Å². The van der Waals surface area contributed by atoms with Crippen molar-refractivity contribution in [3.05, 3.63) is 0 Å². The lowest BCUT2D eigenvalue weighted by molar-refractivity contribution is -0.0739. The number of rotatable bonds is 2. The third-order valence-electron chi connectivity index (χ3n) is 5.23. The number of piperazine rings is 1. The Hall–Kier alpha value is -0.120. The number of hydrogen-bond donors (Lipinski definition) is 1. The van der Waals surface area contributed by atoms with Crippen LogP contribution in [0.1, 0.15) is 46.5 Å². The average molecular weight is 254 g/mol. The van der Waals surface area contributed by atoms with E-state index in [1.807, 2.05) is 0 Å². The molecular formula is C15H30N2O. The lowest BCUT2D eigenvalue weighted by Crippen LogP contribution is -2.60. The fourth-order valence-electron chi connectivity index (χ4n) is 3.69. The number of aliphatic hydroxyl groups is 1. The molecule has 1 saturated heterocycles. The Morgan fingerprint density at radius 1 is 1.28 bits per heavy atom. The summed E-state index contributed by atoms with van der Waals surface area (Å²) in [6.07, 6.45) is 4.64. The van der Waals surface area contributed by atoms with Crippen LogP contribution in [-0.2, 0) is 0 Å². The zero-order valence-electron chi connectivity index (χ0n) is 12.5. The highest BCUT2D eigenvalue weighted by Crippen LogP contribution is 2.38. The normalized spacial score (nSPS) is 38.8. The van der Waals surface area contributed by atoms with Gasteiger partial charge in [0.1, 0.15) is 0 Å². The number of nitrogens with zero attached hydrogens (tertiary/aromatic N) is 2. The summed E-state index contributed by atoms with van der Waals surface area (Å²) in [5.74, 6) is 0. The van der Waals surface area contributed by atoms with E-state index < -0.39 is 0 Å². The second-order valence-electron chi connectivity index (χ2n) is 6.93. The first kappa shape index (κ1) is 14.3. The summed E-state index contributed by atoms with van der Waals surface area (Å²) in [5, 5.41) is 10.6. The van der Waals surface area contributed by atoms with Crippen LogP contribution in [0.5, 0.6) is 0 Å². The highest BCUT2D eigenvalue weighted by molar-refractivity contribution is 4.95. The Morgan fingerprint density at radius 3 is 2.67 bits per heavy atom. The maximum atomic E-state index is 10.6. The second kappa shape index (κ2) is 5.48. The van der Waals surface area contributed by atoms with Crippen molar-refractivity contribution in [1.29, 1.82) is 0 Å². The second-order valence-corrected chi connectivity index (χ2v) is 6.93. The lowest BCUT2D eigenvalue weighted by atomic mass is 9.72. The molecule has 106 valence electrons. The quantitative estimate of drug-likeness (QED) is 0.816. The maximum Gasteiger partial charge on any atom is 0.0746 e. The molecule has 1 N–H and O–H groups in total. The molecule has 0 aromatic heterocycles. The average Bonchev–Trinajstić information content (AvgIpc) is 2.33. The van der Waals surface area contributed by atoms with E-state index in [2.05, 4.69) is 37.6 Å². The first-order chi connectivity index (χ1) is 8.45. The molecule has 0 aromatic carbocycles. The van der Waals surface area contributed by atoms with E-state index in [9.17, 15) is 5.11 Å². The van der Waals surface area contributed by atoms with Crippen LogP contribution in [-0.4, -0.2) is 59.8 Å². The molecule has 0 spiro atoms. The molecule has 18 heavy (non-hydrogen) atoms. The molecule has 1 heterocycles. The van der Waals surface area contributed by atoms with Crippen molar-refractivity contribution in [3.8, 4) is 0 Å². The van der Waals surface area contributed by atoms with Crippen molar-refractivity contribution in [2.45, 2.75) is 64.6 Å². The van der Waals surface area contributed by atoms with E-state index >= 15 is 0 Å². The summed E-state index contributed by atoms with van der Waals surface area (Å²) < 4.78 is 0. The number of likely N-dealkylation sites (N-methyl/N-ethyl adjacent to an activating group) is 1. The molecule has 2 rings (SSSR count). The molecule has 0 bridgehead atoms. The molecule has 2 fully saturated rings. The van der Waals surface area contributed by atoms with Crippen LogP contribution in [0.2, 0.25) is 0 Å². The number of hydrogen-bond acceptors (Lipinski definition) is 3.